The maximum Gasteiger partial charge on any atom is 0.199 e. The molecule has 2 saturated heterocycles. The van der Waals surface area contributed by atoms with Gasteiger partial charge in [-0.1, -0.05) is 19.8 Å². The lowest BCUT2D eigenvalue weighted by Crippen LogP contribution is -2.23. The predicted octanol–water partition coefficient (Wildman–Crippen LogP) is 2.47. The second-order valence-electron chi connectivity index (χ2n) is 5.06. The van der Waals surface area contributed by atoms with Gasteiger partial charge in [0.15, 0.2) is 5.79 Å². The van der Waals surface area contributed by atoms with E-state index in [0.29, 0.717) is 12.0 Å². The second kappa shape index (κ2) is 2.29. The van der Waals surface area contributed by atoms with Crippen molar-refractivity contribution in [1.82, 2.24) is 0 Å². The van der Waals surface area contributed by atoms with Gasteiger partial charge >= 0.3 is 0 Å². The fraction of sp³-hybridized carbons (Fsp3) is 1.00. The summed E-state index contributed by atoms with van der Waals surface area (Å²) >= 11 is 0. The summed E-state index contributed by atoms with van der Waals surface area (Å²) in [4.78, 5) is 0. The molecule has 0 aromatic heterocycles. The molecule has 1 saturated carbocycles. The summed E-state index contributed by atoms with van der Waals surface area (Å²) in [6.07, 6.45) is 6.62. The molecule has 2 spiro atoms. The van der Waals surface area contributed by atoms with Crippen molar-refractivity contribution in [1.29, 1.82) is 0 Å². The van der Waals surface area contributed by atoms with E-state index < -0.39 is 0 Å². The van der Waals surface area contributed by atoms with Crippen LogP contribution in [0.3, 0.4) is 0 Å². The van der Waals surface area contributed by atoms with Crippen molar-refractivity contribution in [3.63, 3.8) is 0 Å². The van der Waals surface area contributed by atoms with Gasteiger partial charge in [-0.3, -0.25) is 0 Å². The molecule has 2 heteroatoms. The Kier molecular flexibility index (Phi) is 1.45. The molecule has 2 nitrogen and oxygen atoms in total. The van der Waals surface area contributed by atoms with Crippen LogP contribution in [0.4, 0.5) is 0 Å². The van der Waals surface area contributed by atoms with Gasteiger partial charge in [-0.05, 0) is 25.7 Å². The first-order valence-corrected chi connectivity index (χ1v) is 5.56. The number of fused-ring (bicyclic) bond motifs is 1. The summed E-state index contributed by atoms with van der Waals surface area (Å²) in [6.45, 7) is 4.44. The molecule has 2 heterocycles. The lowest BCUT2D eigenvalue weighted by atomic mass is 9.94. The Bertz CT molecular complexity index is 220. The number of rotatable bonds is 0. The van der Waals surface area contributed by atoms with E-state index in [1.54, 1.807) is 0 Å². The van der Waals surface area contributed by atoms with E-state index >= 15 is 0 Å². The first kappa shape index (κ1) is 8.25. The second-order valence-corrected chi connectivity index (χ2v) is 5.06. The highest BCUT2D eigenvalue weighted by Gasteiger charge is 2.74. The smallest absolute Gasteiger partial charge is 0.199 e. The van der Waals surface area contributed by atoms with Crippen LogP contribution in [0.2, 0.25) is 0 Å². The van der Waals surface area contributed by atoms with Crippen LogP contribution in [0.5, 0.6) is 0 Å². The quantitative estimate of drug-likeness (QED) is 0.537. The average Bonchev–Trinajstić information content (AvgIpc) is 2.48. The van der Waals surface area contributed by atoms with Crippen molar-refractivity contribution >= 4 is 0 Å². The van der Waals surface area contributed by atoms with Gasteiger partial charge < -0.3 is 9.47 Å². The van der Waals surface area contributed by atoms with E-state index in [-0.39, 0.29) is 11.4 Å². The molecule has 13 heavy (non-hydrogen) atoms. The van der Waals surface area contributed by atoms with E-state index in [1.807, 2.05) is 0 Å². The molecule has 0 bridgehead atoms. The fourth-order valence-electron chi connectivity index (χ4n) is 3.13. The first-order valence-electron chi connectivity index (χ1n) is 5.56. The van der Waals surface area contributed by atoms with Crippen LogP contribution >= 0.6 is 0 Å². The summed E-state index contributed by atoms with van der Waals surface area (Å²) in [5.74, 6) is 0.530. The van der Waals surface area contributed by atoms with Crippen molar-refractivity contribution < 1.29 is 9.47 Å². The summed E-state index contributed by atoms with van der Waals surface area (Å²) < 4.78 is 11.9. The zero-order valence-electron chi connectivity index (χ0n) is 8.51. The van der Waals surface area contributed by atoms with Crippen molar-refractivity contribution in [2.75, 3.05) is 0 Å². The minimum absolute atomic E-state index is 0.137. The van der Waals surface area contributed by atoms with E-state index in [4.69, 9.17) is 9.47 Å². The van der Waals surface area contributed by atoms with Crippen LogP contribution < -0.4 is 0 Å². The van der Waals surface area contributed by atoms with E-state index in [0.717, 1.165) is 6.42 Å². The molecule has 74 valence electrons. The molecule has 0 aromatic rings. The van der Waals surface area contributed by atoms with Crippen LogP contribution in [0.1, 0.15) is 46.0 Å². The summed E-state index contributed by atoms with van der Waals surface area (Å²) in [6, 6.07) is 0. The van der Waals surface area contributed by atoms with Crippen LogP contribution in [-0.2, 0) is 9.47 Å². The van der Waals surface area contributed by atoms with Crippen molar-refractivity contribution in [2.24, 2.45) is 5.92 Å². The zero-order valence-corrected chi connectivity index (χ0v) is 8.51. The average molecular weight is 182 g/mol. The van der Waals surface area contributed by atoms with E-state index in [1.165, 1.54) is 25.7 Å². The van der Waals surface area contributed by atoms with Gasteiger partial charge in [-0.2, -0.15) is 0 Å². The summed E-state index contributed by atoms with van der Waals surface area (Å²) in [5.41, 5.74) is 0.159. The van der Waals surface area contributed by atoms with Crippen molar-refractivity contribution in [3.8, 4) is 0 Å². The van der Waals surface area contributed by atoms with Crippen molar-refractivity contribution in [2.45, 2.75) is 63.4 Å². The number of hydrogen-bond acceptors (Lipinski definition) is 2. The summed E-state index contributed by atoms with van der Waals surface area (Å²) in [5, 5.41) is 0. The number of hydrogen-bond donors (Lipinski definition) is 0. The largest absolute Gasteiger partial charge is 0.344 e. The molecule has 3 rings (SSSR count). The van der Waals surface area contributed by atoms with Crippen LogP contribution in [-0.4, -0.2) is 17.5 Å². The Labute approximate surface area is 79.6 Å². The van der Waals surface area contributed by atoms with E-state index in [2.05, 4.69) is 13.8 Å². The first-order chi connectivity index (χ1) is 6.18. The molecule has 0 aromatic carbocycles. The fourth-order valence-corrected chi connectivity index (χ4v) is 3.13. The third-order valence-electron chi connectivity index (χ3n) is 4.19. The summed E-state index contributed by atoms with van der Waals surface area (Å²) in [7, 11) is 0. The molecular weight excluding hydrogens is 164 g/mol. The Morgan fingerprint density at radius 3 is 2.38 bits per heavy atom. The highest BCUT2D eigenvalue weighted by molar-refractivity contribution is 5.15. The molecule has 2 aliphatic heterocycles. The van der Waals surface area contributed by atoms with Gasteiger partial charge in [0.1, 0.15) is 5.60 Å². The Hall–Kier alpha value is -0.0800. The lowest BCUT2D eigenvalue weighted by Gasteiger charge is -2.09. The molecule has 1 aliphatic carbocycles. The molecule has 3 aliphatic rings. The van der Waals surface area contributed by atoms with Gasteiger partial charge in [-0.15, -0.1) is 0 Å². The van der Waals surface area contributed by atoms with E-state index in [9.17, 15) is 0 Å². The minimum atomic E-state index is -0.137. The molecular formula is C11H18O2. The molecule has 0 unspecified atom stereocenters. The van der Waals surface area contributed by atoms with Crippen molar-refractivity contribution in [3.05, 3.63) is 0 Å². The SMILES string of the molecule is C[C@@H]1O[C@@]2(C[C@@H]1C)OC21CCCC1. The Morgan fingerprint density at radius 1 is 1.15 bits per heavy atom. The zero-order chi connectivity index (χ0) is 9.10. The third-order valence-corrected chi connectivity index (χ3v) is 4.19. The van der Waals surface area contributed by atoms with Gasteiger partial charge in [0.25, 0.3) is 0 Å². The maximum atomic E-state index is 5.99. The highest BCUT2D eigenvalue weighted by Crippen LogP contribution is 2.64. The van der Waals surface area contributed by atoms with Crippen LogP contribution in [0, 0.1) is 5.92 Å². The van der Waals surface area contributed by atoms with Gasteiger partial charge in [0, 0.05) is 6.42 Å². The molecule has 0 amide bonds. The van der Waals surface area contributed by atoms with Gasteiger partial charge in [0.05, 0.1) is 6.10 Å². The predicted molar refractivity (Wildman–Crippen MR) is 49.3 cm³/mol. The minimum Gasteiger partial charge on any atom is -0.344 e. The van der Waals surface area contributed by atoms with Crippen LogP contribution in [0.25, 0.3) is 0 Å². The topological polar surface area (TPSA) is 21.8 Å². The number of ether oxygens (including phenoxy) is 2. The van der Waals surface area contributed by atoms with Gasteiger partial charge in [-0.25, -0.2) is 0 Å². The Morgan fingerprint density at radius 2 is 1.85 bits per heavy atom. The lowest BCUT2D eigenvalue weighted by molar-refractivity contribution is -0.0356. The Balaban J connectivity index is 1.80. The normalized spacial score (nSPS) is 52.2. The molecule has 0 N–H and O–H groups in total. The molecule has 3 fully saturated rings. The molecule has 3 atom stereocenters. The molecule has 0 radical (unpaired) electrons. The highest BCUT2D eigenvalue weighted by atomic mass is 16.8. The number of epoxide rings is 1. The monoisotopic (exact) mass is 182 g/mol. The van der Waals surface area contributed by atoms with Crippen LogP contribution in [0.15, 0.2) is 0 Å². The maximum absolute atomic E-state index is 5.99. The standard InChI is InChI=1S/C11H18O2/c1-8-7-11(12-9(8)2)10(13-11)5-3-4-6-10/h8-9H,3-7H2,1-2H3/t8-,9-,11-/m0/s1. The third kappa shape index (κ3) is 0.909. The van der Waals surface area contributed by atoms with Gasteiger partial charge in [0.2, 0.25) is 0 Å².